The number of rotatable bonds is 8. The Labute approximate surface area is 176 Å². The van der Waals surface area contributed by atoms with Crippen LogP contribution in [0.25, 0.3) is 0 Å². The van der Waals surface area contributed by atoms with Gasteiger partial charge < -0.3 is 15.0 Å². The van der Waals surface area contributed by atoms with Gasteiger partial charge in [0, 0.05) is 19.3 Å². The molecule has 1 heterocycles. The number of benzene rings is 2. The van der Waals surface area contributed by atoms with E-state index in [-0.39, 0.29) is 18.2 Å². The maximum atomic E-state index is 12.6. The molecule has 152 valence electrons. The molecule has 2 aromatic carbocycles. The molecule has 2 aromatic rings. The number of carbonyl (C=O) groups is 2. The molecule has 1 aliphatic rings. The predicted octanol–water partition coefficient (Wildman–Crippen LogP) is 3.08. The predicted molar refractivity (Wildman–Crippen MR) is 117 cm³/mol. The van der Waals surface area contributed by atoms with Crippen LogP contribution in [0.5, 0.6) is 5.75 Å². The lowest BCUT2D eigenvalue weighted by atomic mass is 10.1. The van der Waals surface area contributed by atoms with Crippen LogP contribution in [0.15, 0.2) is 54.6 Å². The van der Waals surface area contributed by atoms with Crippen LogP contribution in [0.2, 0.25) is 0 Å². The van der Waals surface area contributed by atoms with Crippen molar-refractivity contribution in [3.05, 3.63) is 60.2 Å². The Balaban J connectivity index is 1.63. The number of nitrogens with one attached hydrogen (secondary N) is 1. The number of hydrogen-bond acceptors (Lipinski definition) is 4. The first kappa shape index (κ1) is 20.8. The van der Waals surface area contributed by atoms with Gasteiger partial charge in [0.15, 0.2) is 5.11 Å². The third-order valence-corrected chi connectivity index (χ3v) is 5.34. The van der Waals surface area contributed by atoms with E-state index in [9.17, 15) is 9.59 Å². The van der Waals surface area contributed by atoms with Crippen molar-refractivity contribution in [3.8, 4) is 5.75 Å². The Morgan fingerprint density at radius 1 is 1.14 bits per heavy atom. The molecule has 0 aromatic heterocycles. The number of nitrogens with zero attached hydrogens (tertiary/aromatic N) is 2. The van der Waals surface area contributed by atoms with Crippen LogP contribution >= 0.6 is 12.2 Å². The monoisotopic (exact) mass is 411 g/mol. The maximum Gasteiger partial charge on any atom is 0.251 e. The highest BCUT2D eigenvalue weighted by molar-refractivity contribution is 7.80. The van der Waals surface area contributed by atoms with E-state index in [4.69, 9.17) is 17.0 Å². The quantitative estimate of drug-likeness (QED) is 0.677. The van der Waals surface area contributed by atoms with Gasteiger partial charge in [-0.15, -0.1) is 0 Å². The van der Waals surface area contributed by atoms with Gasteiger partial charge in [-0.2, -0.15) is 0 Å². The molecule has 0 radical (unpaired) electrons. The Kier molecular flexibility index (Phi) is 6.82. The van der Waals surface area contributed by atoms with Crippen LogP contribution in [0.1, 0.15) is 18.9 Å². The fourth-order valence-electron chi connectivity index (χ4n) is 3.31. The average molecular weight is 412 g/mol. The van der Waals surface area contributed by atoms with E-state index in [1.165, 1.54) is 4.90 Å². The highest BCUT2D eigenvalue weighted by Gasteiger charge is 2.41. The number of thiocarbonyl (C=S) groups is 1. The molecule has 1 saturated heterocycles. The largest absolute Gasteiger partial charge is 0.494 e. The van der Waals surface area contributed by atoms with Gasteiger partial charge in [-0.25, -0.2) is 0 Å². The summed E-state index contributed by atoms with van der Waals surface area (Å²) in [5.74, 6) is 0.371. The van der Waals surface area contributed by atoms with Crippen molar-refractivity contribution in [3.63, 3.8) is 0 Å². The molecule has 3 rings (SSSR count). The second kappa shape index (κ2) is 9.52. The zero-order valence-electron chi connectivity index (χ0n) is 16.6. The summed E-state index contributed by atoms with van der Waals surface area (Å²) in [6.07, 6.45) is 0.796. The summed E-state index contributed by atoms with van der Waals surface area (Å²) in [6.45, 7) is 3.08. The first-order valence-electron chi connectivity index (χ1n) is 9.64. The maximum absolute atomic E-state index is 12.6. The van der Waals surface area contributed by atoms with E-state index in [1.54, 1.807) is 31.3 Å². The van der Waals surface area contributed by atoms with Gasteiger partial charge in [-0.1, -0.05) is 30.3 Å². The molecule has 0 saturated carbocycles. The molecule has 1 aliphatic heterocycles. The van der Waals surface area contributed by atoms with Gasteiger partial charge in [-0.3, -0.25) is 14.5 Å². The minimum Gasteiger partial charge on any atom is -0.494 e. The lowest BCUT2D eigenvalue weighted by molar-refractivity contribution is -0.130. The Morgan fingerprint density at radius 3 is 2.48 bits per heavy atom. The lowest BCUT2D eigenvalue weighted by Crippen LogP contribution is -2.39. The molecule has 29 heavy (non-hydrogen) atoms. The third kappa shape index (κ3) is 5.12. The number of ether oxygens (including phenoxy) is 1. The number of anilines is 1. The highest BCUT2D eigenvalue weighted by atomic mass is 32.1. The summed E-state index contributed by atoms with van der Waals surface area (Å²) in [5, 5.41) is 3.31. The van der Waals surface area contributed by atoms with Crippen LogP contribution in [0, 0.1) is 0 Å². The van der Waals surface area contributed by atoms with Crippen molar-refractivity contribution in [2.75, 3.05) is 25.5 Å². The molecule has 1 atom stereocenters. The number of amides is 2. The summed E-state index contributed by atoms with van der Waals surface area (Å²) in [7, 11) is 1.66. The van der Waals surface area contributed by atoms with E-state index >= 15 is 0 Å². The Bertz CT molecular complexity index is 871. The molecule has 1 fully saturated rings. The number of hydrogen-bond donors (Lipinski definition) is 1. The summed E-state index contributed by atoms with van der Waals surface area (Å²) in [5.41, 5.74) is 1.82. The topological polar surface area (TPSA) is 61.9 Å². The molecule has 2 amide bonds. The van der Waals surface area contributed by atoms with Gasteiger partial charge in [0.1, 0.15) is 11.8 Å². The zero-order valence-corrected chi connectivity index (χ0v) is 17.4. The first-order valence-corrected chi connectivity index (χ1v) is 10.0. The van der Waals surface area contributed by atoms with Crippen molar-refractivity contribution in [1.82, 2.24) is 9.80 Å². The molecule has 0 spiro atoms. The van der Waals surface area contributed by atoms with E-state index in [0.29, 0.717) is 24.0 Å². The fraction of sp³-hybridized carbons (Fsp3) is 0.318. The molecule has 0 bridgehead atoms. The zero-order chi connectivity index (χ0) is 20.8. The van der Waals surface area contributed by atoms with Crippen LogP contribution in [-0.4, -0.2) is 53.0 Å². The molecule has 7 heteroatoms. The van der Waals surface area contributed by atoms with Crippen molar-refractivity contribution in [1.29, 1.82) is 0 Å². The van der Waals surface area contributed by atoms with Crippen LogP contribution in [-0.2, 0) is 16.0 Å². The Hall–Kier alpha value is -2.93. The van der Waals surface area contributed by atoms with Gasteiger partial charge in [0.2, 0.25) is 5.91 Å². The lowest BCUT2D eigenvalue weighted by Gasteiger charge is -2.23. The SMILES string of the molecule is CCOc1ccc(NC(=O)CC2C(=O)N(C)C(=S)N2CCc2ccccc2)cc1. The van der Waals surface area contributed by atoms with Gasteiger partial charge >= 0.3 is 0 Å². The van der Waals surface area contributed by atoms with Crippen molar-refractivity contribution < 1.29 is 14.3 Å². The van der Waals surface area contributed by atoms with Crippen molar-refractivity contribution >= 4 is 34.8 Å². The summed E-state index contributed by atoms with van der Waals surface area (Å²) < 4.78 is 5.40. The van der Waals surface area contributed by atoms with E-state index in [2.05, 4.69) is 5.32 Å². The van der Waals surface area contributed by atoms with Crippen LogP contribution in [0.4, 0.5) is 5.69 Å². The van der Waals surface area contributed by atoms with Gasteiger partial charge in [0.25, 0.3) is 5.91 Å². The van der Waals surface area contributed by atoms with Crippen molar-refractivity contribution in [2.45, 2.75) is 25.8 Å². The molecule has 1 N–H and O–H groups in total. The molecular weight excluding hydrogens is 386 g/mol. The smallest absolute Gasteiger partial charge is 0.251 e. The molecule has 1 unspecified atom stereocenters. The molecule has 0 aliphatic carbocycles. The average Bonchev–Trinajstić information content (AvgIpc) is 2.92. The first-order chi connectivity index (χ1) is 14.0. The molecular formula is C22H25N3O3S. The third-order valence-electron chi connectivity index (χ3n) is 4.84. The van der Waals surface area contributed by atoms with Crippen LogP contribution in [0.3, 0.4) is 0 Å². The standard InChI is InChI=1S/C22H25N3O3S/c1-3-28-18-11-9-17(10-12-18)23-20(26)15-19-21(27)24(2)22(29)25(19)14-13-16-7-5-4-6-8-16/h4-12,19H,3,13-15H2,1-2H3,(H,23,26). The van der Waals surface area contributed by atoms with E-state index in [1.807, 2.05) is 42.2 Å². The van der Waals surface area contributed by atoms with E-state index < -0.39 is 6.04 Å². The van der Waals surface area contributed by atoms with Crippen LogP contribution < -0.4 is 10.1 Å². The second-order valence-electron chi connectivity index (χ2n) is 6.83. The van der Waals surface area contributed by atoms with Crippen molar-refractivity contribution in [2.24, 2.45) is 0 Å². The second-order valence-corrected chi connectivity index (χ2v) is 7.20. The summed E-state index contributed by atoms with van der Waals surface area (Å²) in [4.78, 5) is 28.5. The normalized spacial score (nSPS) is 16.3. The fourth-order valence-corrected chi connectivity index (χ4v) is 3.62. The number of likely N-dealkylation sites (N-methyl/N-ethyl adjacent to an activating group) is 1. The minimum atomic E-state index is -0.584. The minimum absolute atomic E-state index is 0.0469. The highest BCUT2D eigenvalue weighted by Crippen LogP contribution is 2.21. The number of carbonyl (C=O) groups excluding carboxylic acids is 2. The Morgan fingerprint density at radius 2 is 1.83 bits per heavy atom. The molecule has 6 nitrogen and oxygen atoms in total. The van der Waals surface area contributed by atoms with E-state index in [0.717, 1.165) is 17.7 Å². The van der Waals surface area contributed by atoms with Gasteiger partial charge in [0.05, 0.1) is 13.0 Å². The summed E-state index contributed by atoms with van der Waals surface area (Å²) in [6, 6.07) is 16.6. The summed E-state index contributed by atoms with van der Waals surface area (Å²) >= 11 is 5.44. The van der Waals surface area contributed by atoms with Gasteiger partial charge in [-0.05, 0) is 55.4 Å².